The minimum atomic E-state index is 0.101. The molecule has 2 aromatic heterocycles. The van der Waals surface area contributed by atoms with E-state index in [9.17, 15) is 0 Å². The van der Waals surface area contributed by atoms with Gasteiger partial charge in [-0.05, 0) is 32.2 Å². The summed E-state index contributed by atoms with van der Waals surface area (Å²) in [5.41, 5.74) is 2.18. The summed E-state index contributed by atoms with van der Waals surface area (Å²) in [6.07, 6.45) is 3.77. The number of rotatable bonds is 4. The van der Waals surface area contributed by atoms with Gasteiger partial charge in [-0.15, -0.1) is 11.3 Å². The maximum absolute atomic E-state index is 4.45. The minimum absolute atomic E-state index is 0.101. The van der Waals surface area contributed by atoms with Gasteiger partial charge in [-0.1, -0.05) is 18.2 Å². The number of aryl methyl sites for hydroxylation is 1. The fourth-order valence-corrected chi connectivity index (χ4v) is 3.17. The normalized spacial score (nSPS) is 12.5. The van der Waals surface area contributed by atoms with E-state index >= 15 is 0 Å². The lowest BCUT2D eigenvalue weighted by atomic mass is 10.2. The molecule has 3 rings (SSSR count). The molecule has 0 aliphatic carbocycles. The third-order valence-electron chi connectivity index (χ3n) is 3.18. The van der Waals surface area contributed by atoms with Gasteiger partial charge in [0, 0.05) is 17.3 Å². The fourth-order valence-electron chi connectivity index (χ4n) is 2.26. The third kappa shape index (κ3) is 2.37. The van der Waals surface area contributed by atoms with E-state index in [1.807, 2.05) is 55.3 Å². The Hall–Kier alpha value is -1.98. The highest BCUT2D eigenvalue weighted by Gasteiger charge is 2.19. The second kappa shape index (κ2) is 5.56. The number of nitrogens with one attached hydrogen (secondary N) is 1. The second-order valence-electron chi connectivity index (χ2n) is 4.51. The third-order valence-corrected chi connectivity index (χ3v) is 4.16. The van der Waals surface area contributed by atoms with Gasteiger partial charge in [-0.25, -0.2) is 9.67 Å². The highest BCUT2D eigenvalue weighted by Crippen LogP contribution is 2.27. The van der Waals surface area contributed by atoms with E-state index in [1.165, 1.54) is 4.88 Å². The van der Waals surface area contributed by atoms with Crippen LogP contribution in [0.15, 0.2) is 48.8 Å². The van der Waals surface area contributed by atoms with Crippen molar-refractivity contribution in [2.24, 2.45) is 0 Å². The molecule has 1 aromatic carbocycles. The van der Waals surface area contributed by atoms with Crippen LogP contribution in [0.1, 0.15) is 21.6 Å². The minimum Gasteiger partial charge on any atom is -0.307 e. The van der Waals surface area contributed by atoms with Crippen LogP contribution in [0.5, 0.6) is 0 Å². The van der Waals surface area contributed by atoms with Crippen molar-refractivity contribution < 1.29 is 0 Å². The largest absolute Gasteiger partial charge is 0.307 e. The number of nitrogens with zero attached hydrogens (tertiary/aromatic N) is 3. The molecule has 0 fully saturated rings. The van der Waals surface area contributed by atoms with Gasteiger partial charge in [0.15, 0.2) is 0 Å². The van der Waals surface area contributed by atoms with Crippen LogP contribution in [-0.4, -0.2) is 21.8 Å². The molecule has 1 atom stereocenters. The molecule has 0 aliphatic heterocycles. The average molecular weight is 284 g/mol. The molecule has 0 spiro atoms. The van der Waals surface area contributed by atoms with Crippen molar-refractivity contribution in [3.05, 3.63) is 64.4 Å². The monoisotopic (exact) mass is 284 g/mol. The van der Waals surface area contributed by atoms with Gasteiger partial charge < -0.3 is 5.32 Å². The molecule has 102 valence electrons. The molecule has 2 heterocycles. The zero-order valence-electron chi connectivity index (χ0n) is 11.4. The number of para-hydroxylation sites is 1. The lowest BCUT2D eigenvalue weighted by Crippen LogP contribution is -2.20. The predicted octanol–water partition coefficient (Wildman–Crippen LogP) is 2.95. The molecule has 1 N–H and O–H groups in total. The van der Waals surface area contributed by atoms with Gasteiger partial charge in [0.1, 0.15) is 0 Å². The Morgan fingerprint density at radius 3 is 2.65 bits per heavy atom. The zero-order valence-corrected chi connectivity index (χ0v) is 12.3. The van der Waals surface area contributed by atoms with Gasteiger partial charge in [0.05, 0.1) is 22.4 Å². The number of hydrogen-bond acceptors (Lipinski definition) is 4. The van der Waals surface area contributed by atoms with Crippen molar-refractivity contribution >= 4 is 11.3 Å². The van der Waals surface area contributed by atoms with E-state index in [1.54, 1.807) is 11.3 Å². The molecule has 0 amide bonds. The van der Waals surface area contributed by atoms with E-state index in [-0.39, 0.29) is 6.04 Å². The van der Waals surface area contributed by atoms with E-state index in [4.69, 9.17) is 0 Å². The molecule has 4 nitrogen and oxygen atoms in total. The molecule has 20 heavy (non-hydrogen) atoms. The Bertz CT molecular complexity index is 687. The van der Waals surface area contributed by atoms with Crippen LogP contribution in [0.4, 0.5) is 0 Å². The Balaban J connectivity index is 2.04. The van der Waals surface area contributed by atoms with Gasteiger partial charge in [-0.2, -0.15) is 5.10 Å². The SMILES string of the molecule is CNC(c1cnc(C)s1)c1ccnn1-c1ccccc1. The van der Waals surface area contributed by atoms with Crippen LogP contribution in [0.2, 0.25) is 0 Å². The van der Waals surface area contributed by atoms with Crippen molar-refractivity contribution in [2.75, 3.05) is 7.05 Å². The van der Waals surface area contributed by atoms with Crippen LogP contribution in [-0.2, 0) is 0 Å². The predicted molar refractivity (Wildman–Crippen MR) is 81.3 cm³/mol. The highest BCUT2D eigenvalue weighted by atomic mass is 32.1. The summed E-state index contributed by atoms with van der Waals surface area (Å²) in [4.78, 5) is 5.54. The molecule has 0 saturated carbocycles. The first-order chi connectivity index (χ1) is 9.79. The Labute approximate surface area is 122 Å². The van der Waals surface area contributed by atoms with Crippen molar-refractivity contribution in [3.8, 4) is 5.69 Å². The summed E-state index contributed by atoms with van der Waals surface area (Å²) in [7, 11) is 1.96. The maximum atomic E-state index is 4.45. The van der Waals surface area contributed by atoms with Crippen molar-refractivity contribution in [1.82, 2.24) is 20.1 Å². The van der Waals surface area contributed by atoms with Crippen LogP contribution in [0, 0.1) is 6.92 Å². The van der Waals surface area contributed by atoms with Gasteiger partial charge >= 0.3 is 0 Å². The summed E-state index contributed by atoms with van der Waals surface area (Å²) in [6, 6.07) is 12.3. The topological polar surface area (TPSA) is 42.7 Å². The first-order valence-electron chi connectivity index (χ1n) is 6.48. The summed E-state index contributed by atoms with van der Waals surface area (Å²) >= 11 is 1.71. The number of benzene rings is 1. The lowest BCUT2D eigenvalue weighted by molar-refractivity contribution is 0.645. The fraction of sp³-hybridized carbons (Fsp3) is 0.200. The second-order valence-corrected chi connectivity index (χ2v) is 5.77. The van der Waals surface area contributed by atoms with Gasteiger partial charge in [-0.3, -0.25) is 0 Å². The molecule has 5 heteroatoms. The summed E-state index contributed by atoms with van der Waals surface area (Å²) < 4.78 is 1.97. The van der Waals surface area contributed by atoms with E-state index < -0.39 is 0 Å². The summed E-state index contributed by atoms with van der Waals surface area (Å²) in [6.45, 7) is 2.02. The van der Waals surface area contributed by atoms with Crippen LogP contribution in [0.25, 0.3) is 5.69 Å². The Kier molecular flexibility index (Phi) is 3.62. The van der Waals surface area contributed by atoms with E-state index in [2.05, 4.69) is 27.5 Å². The molecular weight excluding hydrogens is 268 g/mol. The summed E-state index contributed by atoms with van der Waals surface area (Å²) in [5, 5.41) is 8.88. The van der Waals surface area contributed by atoms with Crippen molar-refractivity contribution in [3.63, 3.8) is 0 Å². The van der Waals surface area contributed by atoms with Crippen molar-refractivity contribution in [1.29, 1.82) is 0 Å². The number of aromatic nitrogens is 3. The molecular formula is C15H16N4S. The van der Waals surface area contributed by atoms with E-state index in [0.717, 1.165) is 16.4 Å². The van der Waals surface area contributed by atoms with Crippen molar-refractivity contribution in [2.45, 2.75) is 13.0 Å². The molecule has 0 saturated heterocycles. The quantitative estimate of drug-likeness (QED) is 0.801. The molecule has 3 aromatic rings. The highest BCUT2D eigenvalue weighted by molar-refractivity contribution is 7.11. The lowest BCUT2D eigenvalue weighted by Gasteiger charge is -2.16. The van der Waals surface area contributed by atoms with Crippen LogP contribution in [0.3, 0.4) is 0 Å². The first-order valence-corrected chi connectivity index (χ1v) is 7.30. The molecule has 0 aliphatic rings. The standard InChI is InChI=1S/C15H16N4S/c1-11-17-10-14(20-11)15(16-2)13-8-9-18-19(13)12-6-4-3-5-7-12/h3-10,15-16H,1-2H3. The van der Waals surface area contributed by atoms with Gasteiger partial charge in [0.2, 0.25) is 0 Å². The van der Waals surface area contributed by atoms with Gasteiger partial charge in [0.25, 0.3) is 0 Å². The molecule has 0 bridgehead atoms. The molecule has 1 unspecified atom stereocenters. The number of thiazole rings is 1. The van der Waals surface area contributed by atoms with E-state index in [0.29, 0.717) is 0 Å². The Morgan fingerprint density at radius 1 is 1.20 bits per heavy atom. The summed E-state index contributed by atoms with van der Waals surface area (Å²) in [5.74, 6) is 0. The average Bonchev–Trinajstić information content (AvgIpc) is 3.11. The van der Waals surface area contributed by atoms with Crippen LogP contribution < -0.4 is 5.32 Å². The first kappa shape index (κ1) is 13.0. The smallest absolute Gasteiger partial charge is 0.0897 e. The van der Waals surface area contributed by atoms with Crippen LogP contribution >= 0.6 is 11.3 Å². The zero-order chi connectivity index (χ0) is 13.9. The number of hydrogen-bond donors (Lipinski definition) is 1. The maximum Gasteiger partial charge on any atom is 0.0897 e. The molecule has 0 radical (unpaired) electrons. The Morgan fingerprint density at radius 2 is 2.00 bits per heavy atom.